The number of hydrogen-bond acceptors (Lipinski definition) is 3. The molecule has 0 aliphatic carbocycles. The second-order valence-electron chi connectivity index (χ2n) is 5.89. The zero-order valence-electron chi connectivity index (χ0n) is 13.2. The van der Waals surface area contributed by atoms with E-state index in [-0.39, 0.29) is 5.82 Å². The summed E-state index contributed by atoms with van der Waals surface area (Å²) in [6.45, 7) is 6.70. The van der Waals surface area contributed by atoms with Gasteiger partial charge in [0.2, 0.25) is 0 Å². The van der Waals surface area contributed by atoms with Crippen molar-refractivity contribution in [1.29, 1.82) is 0 Å². The van der Waals surface area contributed by atoms with Gasteiger partial charge in [0.1, 0.15) is 5.82 Å². The van der Waals surface area contributed by atoms with E-state index < -0.39 is 0 Å². The topological polar surface area (TPSA) is 24.5 Å². The monoisotopic (exact) mass is 294 g/mol. The highest BCUT2D eigenvalue weighted by Crippen LogP contribution is 2.21. The minimum absolute atomic E-state index is 0.146. The summed E-state index contributed by atoms with van der Waals surface area (Å²) in [5.41, 5.74) is 2.28. The highest BCUT2D eigenvalue weighted by atomic mass is 19.1. The summed E-state index contributed by atoms with van der Waals surface area (Å²) in [5, 5.41) is 3.47. The fraction of sp³-hybridized carbons (Fsp3) is 0.647. The Morgan fingerprint density at radius 1 is 1.38 bits per heavy atom. The average Bonchev–Trinajstić information content (AvgIpc) is 2.48. The highest BCUT2D eigenvalue weighted by Gasteiger charge is 2.22. The number of halogens is 1. The quantitative estimate of drug-likeness (QED) is 0.783. The van der Waals surface area contributed by atoms with Gasteiger partial charge in [0.15, 0.2) is 0 Å². The Balaban J connectivity index is 1.91. The van der Waals surface area contributed by atoms with Gasteiger partial charge in [-0.3, -0.25) is 4.90 Å². The summed E-state index contributed by atoms with van der Waals surface area (Å²) in [6, 6.07) is 5.69. The van der Waals surface area contributed by atoms with Crippen LogP contribution in [0.1, 0.15) is 30.4 Å². The van der Waals surface area contributed by atoms with E-state index in [2.05, 4.69) is 10.2 Å². The van der Waals surface area contributed by atoms with Crippen LogP contribution in [0, 0.1) is 12.7 Å². The van der Waals surface area contributed by atoms with Crippen molar-refractivity contribution >= 4 is 0 Å². The van der Waals surface area contributed by atoms with Crippen LogP contribution >= 0.6 is 0 Å². The fourth-order valence-corrected chi connectivity index (χ4v) is 3.00. The molecule has 0 spiro atoms. The second-order valence-corrected chi connectivity index (χ2v) is 5.89. The zero-order valence-corrected chi connectivity index (χ0v) is 13.2. The van der Waals surface area contributed by atoms with Gasteiger partial charge in [-0.05, 0) is 49.6 Å². The Hall–Kier alpha value is -0.970. The zero-order chi connectivity index (χ0) is 15.1. The molecule has 1 aliphatic heterocycles. The van der Waals surface area contributed by atoms with Gasteiger partial charge in [-0.25, -0.2) is 4.39 Å². The molecule has 1 heterocycles. The maximum Gasteiger partial charge on any atom is 0.123 e. The van der Waals surface area contributed by atoms with E-state index in [4.69, 9.17) is 4.74 Å². The lowest BCUT2D eigenvalue weighted by atomic mass is 10.00. The van der Waals surface area contributed by atoms with Gasteiger partial charge in [0.05, 0.1) is 6.61 Å². The number of hydrogen-bond donors (Lipinski definition) is 1. The number of piperidine rings is 1. The predicted octanol–water partition coefficient (Wildman–Crippen LogP) is 2.72. The van der Waals surface area contributed by atoms with E-state index in [1.165, 1.54) is 24.8 Å². The Kier molecular flexibility index (Phi) is 6.61. The van der Waals surface area contributed by atoms with Gasteiger partial charge < -0.3 is 10.1 Å². The van der Waals surface area contributed by atoms with E-state index in [1.54, 1.807) is 19.2 Å². The minimum Gasteiger partial charge on any atom is -0.383 e. The molecule has 2 rings (SSSR count). The molecule has 1 atom stereocenters. The SMILES string of the molecule is COCCNCC1CCCCN1Cc1ccc(F)cc1C. The van der Waals surface area contributed by atoms with Crippen molar-refractivity contribution in [3.05, 3.63) is 35.1 Å². The molecule has 1 aromatic carbocycles. The van der Waals surface area contributed by atoms with Crippen molar-refractivity contribution in [2.75, 3.05) is 33.4 Å². The molecule has 1 aromatic rings. The molecule has 1 aliphatic rings. The lowest BCUT2D eigenvalue weighted by molar-refractivity contribution is 0.133. The number of likely N-dealkylation sites (tertiary alicyclic amines) is 1. The van der Waals surface area contributed by atoms with Crippen LogP contribution in [0.4, 0.5) is 4.39 Å². The molecule has 118 valence electrons. The van der Waals surface area contributed by atoms with Gasteiger partial charge in [-0.15, -0.1) is 0 Å². The van der Waals surface area contributed by atoms with E-state index >= 15 is 0 Å². The average molecular weight is 294 g/mol. The molecule has 1 unspecified atom stereocenters. The van der Waals surface area contributed by atoms with Gasteiger partial charge in [0, 0.05) is 32.8 Å². The number of ether oxygens (including phenoxy) is 1. The second kappa shape index (κ2) is 8.47. The number of methoxy groups -OCH3 is 1. The summed E-state index contributed by atoms with van der Waals surface area (Å²) in [5.74, 6) is -0.146. The number of nitrogens with one attached hydrogen (secondary N) is 1. The number of aryl methyl sites for hydroxylation is 1. The maximum absolute atomic E-state index is 13.2. The molecule has 0 radical (unpaired) electrons. The van der Waals surface area contributed by atoms with Crippen LogP contribution in [0.2, 0.25) is 0 Å². The van der Waals surface area contributed by atoms with Crippen molar-refractivity contribution in [3.8, 4) is 0 Å². The first kappa shape index (κ1) is 16.4. The molecule has 21 heavy (non-hydrogen) atoms. The minimum atomic E-state index is -0.146. The van der Waals surface area contributed by atoms with E-state index in [1.807, 2.05) is 13.0 Å². The van der Waals surface area contributed by atoms with E-state index in [0.717, 1.165) is 38.3 Å². The molecule has 1 N–H and O–H groups in total. The molecule has 0 bridgehead atoms. The van der Waals surface area contributed by atoms with Gasteiger partial charge in [0.25, 0.3) is 0 Å². The van der Waals surface area contributed by atoms with Crippen LogP contribution < -0.4 is 5.32 Å². The fourth-order valence-electron chi connectivity index (χ4n) is 3.00. The van der Waals surface area contributed by atoms with Crippen molar-refractivity contribution < 1.29 is 9.13 Å². The molecule has 1 saturated heterocycles. The van der Waals surface area contributed by atoms with Gasteiger partial charge in [-0.2, -0.15) is 0 Å². The normalized spacial score (nSPS) is 19.9. The lowest BCUT2D eigenvalue weighted by Crippen LogP contribution is -2.45. The van der Waals surface area contributed by atoms with Gasteiger partial charge in [-0.1, -0.05) is 12.5 Å². The Morgan fingerprint density at radius 2 is 2.24 bits per heavy atom. The Morgan fingerprint density at radius 3 is 3.00 bits per heavy atom. The number of benzene rings is 1. The van der Waals surface area contributed by atoms with Crippen LogP contribution in [0.15, 0.2) is 18.2 Å². The standard InChI is InChI=1S/C17H27FN2O/c1-14-11-16(18)7-6-15(14)13-20-9-4-3-5-17(20)12-19-8-10-21-2/h6-7,11,17,19H,3-5,8-10,12-13H2,1-2H3. The predicted molar refractivity (Wildman–Crippen MR) is 83.9 cm³/mol. The molecule has 0 aromatic heterocycles. The third-order valence-electron chi connectivity index (χ3n) is 4.29. The van der Waals surface area contributed by atoms with Crippen molar-refractivity contribution in [3.63, 3.8) is 0 Å². The molecule has 4 heteroatoms. The number of rotatable bonds is 7. The van der Waals surface area contributed by atoms with Crippen LogP contribution in [-0.4, -0.2) is 44.3 Å². The first-order chi connectivity index (χ1) is 10.2. The van der Waals surface area contributed by atoms with Crippen LogP contribution in [0.3, 0.4) is 0 Å². The third kappa shape index (κ3) is 5.06. The summed E-state index contributed by atoms with van der Waals surface area (Å²) in [6.07, 6.45) is 3.80. The van der Waals surface area contributed by atoms with Crippen LogP contribution in [0.5, 0.6) is 0 Å². The lowest BCUT2D eigenvalue weighted by Gasteiger charge is -2.36. The summed E-state index contributed by atoms with van der Waals surface area (Å²) >= 11 is 0. The molecule has 3 nitrogen and oxygen atoms in total. The largest absolute Gasteiger partial charge is 0.383 e. The van der Waals surface area contributed by atoms with Crippen LogP contribution in [0.25, 0.3) is 0 Å². The number of nitrogens with zero attached hydrogens (tertiary/aromatic N) is 1. The first-order valence-electron chi connectivity index (χ1n) is 7.89. The molecular formula is C17H27FN2O. The van der Waals surface area contributed by atoms with Crippen molar-refractivity contribution in [2.24, 2.45) is 0 Å². The third-order valence-corrected chi connectivity index (χ3v) is 4.29. The molecular weight excluding hydrogens is 267 g/mol. The highest BCUT2D eigenvalue weighted by molar-refractivity contribution is 5.26. The molecule has 1 fully saturated rings. The Labute approximate surface area is 127 Å². The maximum atomic E-state index is 13.2. The molecule has 0 saturated carbocycles. The Bertz CT molecular complexity index is 439. The molecule has 0 amide bonds. The summed E-state index contributed by atoms with van der Waals surface area (Å²) < 4.78 is 18.3. The van der Waals surface area contributed by atoms with Crippen molar-refractivity contribution in [2.45, 2.75) is 38.8 Å². The van der Waals surface area contributed by atoms with Crippen LogP contribution in [-0.2, 0) is 11.3 Å². The van der Waals surface area contributed by atoms with E-state index in [0.29, 0.717) is 6.04 Å². The van der Waals surface area contributed by atoms with Gasteiger partial charge >= 0.3 is 0 Å². The van der Waals surface area contributed by atoms with E-state index in [9.17, 15) is 4.39 Å². The summed E-state index contributed by atoms with van der Waals surface area (Å²) in [4.78, 5) is 2.53. The first-order valence-corrected chi connectivity index (χ1v) is 7.89. The smallest absolute Gasteiger partial charge is 0.123 e. The summed E-state index contributed by atoms with van der Waals surface area (Å²) in [7, 11) is 1.73. The van der Waals surface area contributed by atoms with Crippen molar-refractivity contribution in [1.82, 2.24) is 10.2 Å².